The fourth-order valence-corrected chi connectivity index (χ4v) is 13.1. The molecular weight excluding hydrogens is 925 g/mol. The van der Waals surface area contributed by atoms with Gasteiger partial charge in [0.1, 0.15) is 11.5 Å². The molecule has 0 saturated heterocycles. The van der Waals surface area contributed by atoms with Crippen molar-refractivity contribution in [3.63, 3.8) is 0 Å². The lowest BCUT2D eigenvalue weighted by Gasteiger charge is -2.36. The van der Waals surface area contributed by atoms with Gasteiger partial charge < -0.3 is 30.6 Å². The molecule has 12 aromatic carbocycles. The maximum absolute atomic E-state index is 11.5. The summed E-state index contributed by atoms with van der Waals surface area (Å²) in [7, 11) is 0. The highest BCUT2D eigenvalue weighted by atomic mass is 16.3. The Hall–Kier alpha value is -7.84. The van der Waals surface area contributed by atoms with Crippen LogP contribution in [0.25, 0.3) is 98.0 Å². The second-order valence-corrected chi connectivity index (χ2v) is 22.5. The molecule has 0 spiro atoms. The van der Waals surface area contributed by atoms with E-state index in [9.17, 15) is 30.6 Å². The summed E-state index contributed by atoms with van der Waals surface area (Å²) in [6.45, 7) is 9.28. The predicted molar refractivity (Wildman–Crippen MR) is 306 cm³/mol. The van der Waals surface area contributed by atoms with Gasteiger partial charge >= 0.3 is 0 Å². The van der Waals surface area contributed by atoms with Crippen LogP contribution in [0.4, 0.5) is 0 Å². The summed E-state index contributed by atoms with van der Waals surface area (Å²) in [6.07, 6.45) is 1.00. The zero-order chi connectivity index (χ0) is 51.8. The average Bonchev–Trinajstić information content (AvgIpc) is 3.72. The molecule has 75 heavy (non-hydrogen) atoms. The first kappa shape index (κ1) is 46.9. The van der Waals surface area contributed by atoms with E-state index in [4.69, 9.17) is 0 Å². The van der Waals surface area contributed by atoms with Crippen molar-refractivity contribution in [1.29, 1.82) is 0 Å². The van der Waals surface area contributed by atoms with Crippen molar-refractivity contribution in [1.82, 2.24) is 0 Å². The topological polar surface area (TPSA) is 121 Å². The van der Waals surface area contributed by atoms with Gasteiger partial charge in [0.15, 0.2) is 0 Å². The number of rotatable bonds is 10. The van der Waals surface area contributed by atoms with Crippen LogP contribution in [0.1, 0.15) is 90.3 Å². The smallest absolute Gasteiger partial charge is 0.126 e. The van der Waals surface area contributed by atoms with E-state index in [2.05, 4.69) is 168 Å². The van der Waals surface area contributed by atoms with Crippen LogP contribution in [0.15, 0.2) is 158 Å². The molecule has 0 fully saturated rings. The zero-order valence-corrected chi connectivity index (χ0v) is 42.8. The molecule has 6 N–H and O–H groups in total. The second-order valence-electron chi connectivity index (χ2n) is 22.5. The second kappa shape index (κ2) is 17.1. The molecule has 0 aromatic heterocycles. The standard InChI is InChI=1S/C69H58O6/c1-37(2)22-38-23-43-8-6-39-10-16-54(58-20-14-44(24-38)62(43)64(39)58)41-12-18-56-57-19-13-42(55-17-11-40-7-9-45-25-51(68(3,4)5)26-46-15-21-59(55)65(40)63(45)46)32-61(57)69(60(56)31-41,52-27-47(33-70)66(74)48(28-52)34-71)53-29-49(35-72)67(75)50(30-53)36-73/h6-21,23-32,37,70-75H,22,33-36H2,1-5H3. The van der Waals surface area contributed by atoms with Crippen LogP contribution < -0.4 is 0 Å². The molecule has 1 aliphatic rings. The molecule has 0 bridgehead atoms. The van der Waals surface area contributed by atoms with Crippen molar-refractivity contribution in [2.75, 3.05) is 0 Å². The zero-order valence-electron chi connectivity index (χ0n) is 42.8. The summed E-state index contributed by atoms with van der Waals surface area (Å²) in [5.74, 6) is 0.153. The summed E-state index contributed by atoms with van der Waals surface area (Å²) in [5.41, 5.74) is 11.3. The molecule has 0 amide bonds. The third kappa shape index (κ3) is 6.94. The molecule has 1 aliphatic carbocycles. The minimum absolute atomic E-state index is 0.0226. The third-order valence-corrected chi connectivity index (χ3v) is 16.6. The molecule has 0 atom stereocenters. The minimum atomic E-state index is -1.27. The van der Waals surface area contributed by atoms with Crippen LogP contribution in [0, 0.1) is 5.92 Å². The van der Waals surface area contributed by atoms with Gasteiger partial charge in [-0.1, -0.05) is 156 Å². The Bertz CT molecular complexity index is 4160. The number of benzene rings is 12. The Morgan fingerprint density at radius 2 is 0.760 bits per heavy atom. The predicted octanol–water partition coefficient (Wildman–Crippen LogP) is 15.1. The fraction of sp³-hybridized carbons (Fsp3) is 0.188. The Morgan fingerprint density at radius 3 is 1.15 bits per heavy atom. The van der Waals surface area contributed by atoms with E-state index in [1.165, 1.54) is 54.2 Å². The minimum Gasteiger partial charge on any atom is -0.507 e. The molecule has 0 aliphatic heterocycles. The lowest BCUT2D eigenvalue weighted by atomic mass is 9.66. The average molecular weight is 983 g/mol. The molecule has 0 heterocycles. The molecular formula is C69H58O6. The Kier molecular flexibility index (Phi) is 10.7. The molecule has 0 radical (unpaired) electrons. The van der Waals surface area contributed by atoms with Crippen molar-refractivity contribution in [2.45, 2.75) is 78.3 Å². The summed E-state index contributed by atoms with van der Waals surface area (Å²) in [4.78, 5) is 0. The van der Waals surface area contributed by atoms with E-state index in [1.807, 2.05) is 24.3 Å². The number of aliphatic hydroxyl groups excluding tert-OH is 4. The van der Waals surface area contributed by atoms with Crippen molar-refractivity contribution in [3.05, 3.63) is 213 Å². The van der Waals surface area contributed by atoms with Gasteiger partial charge in [-0.15, -0.1) is 0 Å². The number of hydrogen-bond acceptors (Lipinski definition) is 6. The van der Waals surface area contributed by atoms with Crippen LogP contribution in [0.3, 0.4) is 0 Å². The van der Waals surface area contributed by atoms with Gasteiger partial charge in [0.25, 0.3) is 0 Å². The maximum atomic E-state index is 11.5. The van der Waals surface area contributed by atoms with Gasteiger partial charge in [0.05, 0.1) is 31.8 Å². The highest BCUT2D eigenvalue weighted by Gasteiger charge is 2.48. The molecule has 370 valence electrons. The van der Waals surface area contributed by atoms with Gasteiger partial charge in [-0.2, -0.15) is 0 Å². The van der Waals surface area contributed by atoms with Gasteiger partial charge in [-0.05, 0) is 186 Å². The van der Waals surface area contributed by atoms with E-state index in [-0.39, 0.29) is 39.2 Å². The van der Waals surface area contributed by atoms with Gasteiger partial charge in [0.2, 0.25) is 0 Å². The summed E-state index contributed by atoms with van der Waals surface area (Å²) in [5, 5.41) is 81.1. The molecule has 13 rings (SSSR count). The van der Waals surface area contributed by atoms with Crippen LogP contribution in [-0.2, 0) is 43.7 Å². The molecule has 0 saturated carbocycles. The number of hydrogen-bond donors (Lipinski definition) is 6. The van der Waals surface area contributed by atoms with Crippen molar-refractivity contribution in [2.24, 2.45) is 5.92 Å². The Morgan fingerprint density at radius 1 is 0.400 bits per heavy atom. The first-order valence-corrected chi connectivity index (χ1v) is 26.1. The SMILES string of the molecule is CC(C)Cc1cc2ccc3ccc(-c4ccc5c(c4)C(c4cc(CO)c(O)c(CO)c4)(c4cc(CO)c(O)c(CO)c4)c4cc(-c6ccc7ccc8cc(C(C)(C)C)cc9ccc6c7c89)ccc4-5)c4ccc(c1)c2c34. The first-order valence-electron chi connectivity index (χ1n) is 26.1. The highest BCUT2D eigenvalue weighted by Crippen LogP contribution is 2.59. The molecule has 12 aromatic rings. The third-order valence-electron chi connectivity index (χ3n) is 16.6. The molecule has 6 heteroatoms. The highest BCUT2D eigenvalue weighted by molar-refractivity contribution is 6.27. The molecule has 0 unspecified atom stereocenters. The number of phenols is 2. The van der Waals surface area contributed by atoms with Crippen LogP contribution >= 0.6 is 0 Å². The normalized spacial score (nSPS) is 13.5. The number of aromatic hydroxyl groups is 2. The van der Waals surface area contributed by atoms with E-state index >= 15 is 0 Å². The lowest BCUT2D eigenvalue weighted by molar-refractivity contribution is 0.263. The Labute approximate surface area is 435 Å². The van der Waals surface area contributed by atoms with E-state index in [1.54, 1.807) is 0 Å². The fourth-order valence-electron chi connectivity index (χ4n) is 13.1. The van der Waals surface area contributed by atoms with E-state index in [0.717, 1.165) is 72.5 Å². The van der Waals surface area contributed by atoms with Crippen LogP contribution in [0.2, 0.25) is 0 Å². The summed E-state index contributed by atoms with van der Waals surface area (Å²) >= 11 is 0. The van der Waals surface area contributed by atoms with Gasteiger partial charge in [-0.3, -0.25) is 0 Å². The van der Waals surface area contributed by atoms with Gasteiger partial charge in [0, 0.05) is 22.3 Å². The summed E-state index contributed by atoms with van der Waals surface area (Å²) in [6, 6.07) is 56.5. The molecule has 6 nitrogen and oxygen atoms in total. The van der Waals surface area contributed by atoms with Crippen molar-refractivity contribution in [3.8, 4) is 44.9 Å². The van der Waals surface area contributed by atoms with Crippen molar-refractivity contribution < 1.29 is 30.6 Å². The maximum Gasteiger partial charge on any atom is 0.126 e. The lowest BCUT2D eigenvalue weighted by Crippen LogP contribution is -2.30. The van der Waals surface area contributed by atoms with Crippen molar-refractivity contribution >= 4 is 64.6 Å². The first-order chi connectivity index (χ1) is 36.2. The monoisotopic (exact) mass is 982 g/mol. The van der Waals surface area contributed by atoms with Crippen LogP contribution in [-0.4, -0.2) is 30.6 Å². The Balaban J connectivity index is 1.11. The van der Waals surface area contributed by atoms with E-state index in [0.29, 0.717) is 17.0 Å². The largest absolute Gasteiger partial charge is 0.507 e. The summed E-state index contributed by atoms with van der Waals surface area (Å²) < 4.78 is 0. The number of fused-ring (bicyclic) bond motifs is 3. The van der Waals surface area contributed by atoms with Gasteiger partial charge in [-0.25, -0.2) is 0 Å². The van der Waals surface area contributed by atoms with Crippen LogP contribution in [0.5, 0.6) is 11.5 Å². The quantitative estimate of drug-likeness (QED) is 0.0759. The van der Waals surface area contributed by atoms with E-state index < -0.39 is 31.8 Å². The number of aliphatic hydroxyl groups is 4.